The van der Waals surface area contributed by atoms with Gasteiger partial charge in [-0.3, -0.25) is 0 Å². The maximum atomic E-state index is 5.69. The molecule has 0 aromatic heterocycles. The van der Waals surface area contributed by atoms with E-state index in [4.69, 9.17) is 4.74 Å². The van der Waals surface area contributed by atoms with Gasteiger partial charge in [0.15, 0.2) is 0 Å². The molecule has 0 aromatic rings. The minimum absolute atomic E-state index is 0.819. The number of hydrogen-bond acceptors (Lipinski definition) is 1. The Morgan fingerprint density at radius 2 is 0.913 bits per heavy atom. The minimum Gasteiger partial charge on any atom is -0.381 e. The molecule has 140 valence electrons. The van der Waals surface area contributed by atoms with Crippen molar-refractivity contribution in [3.63, 3.8) is 0 Å². The molecule has 0 aliphatic heterocycles. The van der Waals surface area contributed by atoms with E-state index in [1.54, 1.807) is 0 Å². The van der Waals surface area contributed by atoms with Gasteiger partial charge in [-0.1, -0.05) is 104 Å². The highest BCUT2D eigenvalue weighted by atomic mass is 16.5. The van der Waals surface area contributed by atoms with Crippen LogP contribution < -0.4 is 0 Å². The van der Waals surface area contributed by atoms with Crippen LogP contribution in [-0.2, 0) is 4.74 Å². The van der Waals surface area contributed by atoms with Crippen LogP contribution in [0, 0.1) is 5.92 Å². The lowest BCUT2D eigenvalue weighted by atomic mass is 10.0. The van der Waals surface area contributed by atoms with Crippen molar-refractivity contribution in [1.82, 2.24) is 0 Å². The molecule has 0 unspecified atom stereocenters. The Balaban J connectivity index is 2.95. The monoisotopic (exact) mass is 326 g/mol. The van der Waals surface area contributed by atoms with Crippen molar-refractivity contribution in [2.75, 3.05) is 13.2 Å². The molecule has 0 saturated carbocycles. The molecular weight excluding hydrogens is 280 g/mol. The Bertz CT molecular complexity index is 200. The van der Waals surface area contributed by atoms with Crippen LogP contribution in [0.5, 0.6) is 0 Å². The lowest BCUT2D eigenvalue weighted by Crippen LogP contribution is -1.99. The molecule has 1 nitrogen and oxygen atoms in total. The average Bonchev–Trinajstić information content (AvgIpc) is 2.53. The largest absolute Gasteiger partial charge is 0.381 e. The molecule has 0 aromatic carbocycles. The molecule has 0 heterocycles. The first-order valence-corrected chi connectivity index (χ1v) is 10.8. The Hall–Kier alpha value is -0.0400. The van der Waals surface area contributed by atoms with Crippen LogP contribution in [0.4, 0.5) is 0 Å². The summed E-state index contributed by atoms with van der Waals surface area (Å²) in [5.74, 6) is 0.819. The molecule has 0 rings (SSSR count). The van der Waals surface area contributed by atoms with Crippen molar-refractivity contribution in [2.45, 2.75) is 124 Å². The van der Waals surface area contributed by atoms with Crippen LogP contribution in [0.2, 0.25) is 0 Å². The van der Waals surface area contributed by atoms with Crippen molar-refractivity contribution in [3.8, 4) is 0 Å². The number of rotatable bonds is 19. The summed E-state index contributed by atoms with van der Waals surface area (Å²) in [6, 6.07) is 0. The maximum absolute atomic E-state index is 5.69. The van der Waals surface area contributed by atoms with Gasteiger partial charge < -0.3 is 4.74 Å². The van der Waals surface area contributed by atoms with Gasteiger partial charge >= 0.3 is 0 Å². The van der Waals surface area contributed by atoms with E-state index in [2.05, 4.69) is 20.8 Å². The summed E-state index contributed by atoms with van der Waals surface area (Å²) in [4.78, 5) is 0. The fraction of sp³-hybridized carbons (Fsp3) is 1.00. The molecule has 0 N–H and O–H groups in total. The third-order valence-electron chi connectivity index (χ3n) is 4.71. The van der Waals surface area contributed by atoms with Crippen LogP contribution in [-0.4, -0.2) is 13.2 Å². The normalized spacial score (nSPS) is 11.5. The summed E-state index contributed by atoms with van der Waals surface area (Å²) >= 11 is 0. The Morgan fingerprint density at radius 3 is 1.35 bits per heavy atom. The topological polar surface area (TPSA) is 9.23 Å². The first-order valence-electron chi connectivity index (χ1n) is 10.8. The van der Waals surface area contributed by atoms with Crippen LogP contribution >= 0.6 is 0 Å². The van der Waals surface area contributed by atoms with Gasteiger partial charge in [0.2, 0.25) is 0 Å². The van der Waals surface area contributed by atoms with E-state index >= 15 is 0 Å². The Labute approximate surface area is 148 Å². The highest BCUT2D eigenvalue weighted by Gasteiger charge is 1.96. The van der Waals surface area contributed by atoms with E-state index < -0.39 is 0 Å². The van der Waals surface area contributed by atoms with Crippen molar-refractivity contribution < 1.29 is 4.74 Å². The Morgan fingerprint density at radius 1 is 0.522 bits per heavy atom. The van der Waals surface area contributed by atoms with Crippen molar-refractivity contribution in [2.24, 2.45) is 5.92 Å². The molecule has 23 heavy (non-hydrogen) atoms. The van der Waals surface area contributed by atoms with Gasteiger partial charge in [0.05, 0.1) is 0 Å². The van der Waals surface area contributed by atoms with E-state index in [1.807, 2.05) is 0 Å². The molecule has 0 saturated heterocycles. The molecule has 0 aliphatic rings. The summed E-state index contributed by atoms with van der Waals surface area (Å²) in [7, 11) is 0. The number of hydrogen-bond donors (Lipinski definition) is 0. The second kappa shape index (κ2) is 20.0. The van der Waals surface area contributed by atoms with Crippen LogP contribution in [0.3, 0.4) is 0 Å². The standard InChI is InChI=1S/C22H46O/c1-4-5-6-7-8-9-10-11-12-13-14-15-16-17-20-23-21-18-19-22(2)3/h22H,4-21H2,1-3H3. The van der Waals surface area contributed by atoms with Crippen molar-refractivity contribution >= 4 is 0 Å². The van der Waals surface area contributed by atoms with Gasteiger partial charge in [-0.05, 0) is 25.2 Å². The summed E-state index contributed by atoms with van der Waals surface area (Å²) in [5, 5.41) is 0. The molecule has 0 radical (unpaired) electrons. The second-order valence-electron chi connectivity index (χ2n) is 7.74. The maximum Gasteiger partial charge on any atom is 0.0466 e. The van der Waals surface area contributed by atoms with Gasteiger partial charge in [0.25, 0.3) is 0 Å². The van der Waals surface area contributed by atoms with Gasteiger partial charge in [0.1, 0.15) is 0 Å². The van der Waals surface area contributed by atoms with Crippen LogP contribution in [0.1, 0.15) is 124 Å². The molecule has 0 atom stereocenters. The molecule has 1 heteroatoms. The number of ether oxygens (including phenoxy) is 1. The van der Waals surface area contributed by atoms with Crippen molar-refractivity contribution in [3.05, 3.63) is 0 Å². The summed E-state index contributed by atoms with van der Waals surface area (Å²) < 4.78 is 5.69. The lowest BCUT2D eigenvalue weighted by Gasteiger charge is -2.06. The Kier molecular flexibility index (Phi) is 20.0. The second-order valence-corrected chi connectivity index (χ2v) is 7.74. The molecule has 0 spiro atoms. The number of unbranched alkanes of at least 4 members (excludes halogenated alkanes) is 13. The molecule has 0 amide bonds. The van der Waals surface area contributed by atoms with E-state index in [-0.39, 0.29) is 0 Å². The predicted octanol–water partition coefficient (Wildman–Crippen LogP) is 7.92. The summed E-state index contributed by atoms with van der Waals surface area (Å²) in [6.45, 7) is 8.81. The van der Waals surface area contributed by atoms with E-state index in [0.29, 0.717) is 0 Å². The highest BCUT2D eigenvalue weighted by molar-refractivity contribution is 4.49. The fourth-order valence-electron chi connectivity index (χ4n) is 3.09. The molecule has 0 fully saturated rings. The van der Waals surface area contributed by atoms with Gasteiger partial charge in [-0.25, -0.2) is 0 Å². The first-order chi connectivity index (χ1) is 11.3. The quantitative estimate of drug-likeness (QED) is 0.219. The highest BCUT2D eigenvalue weighted by Crippen LogP contribution is 2.13. The van der Waals surface area contributed by atoms with Crippen molar-refractivity contribution in [1.29, 1.82) is 0 Å². The SMILES string of the molecule is CCCCCCCCCCCCCCCCOCCCC(C)C. The zero-order chi connectivity index (χ0) is 17.0. The van der Waals surface area contributed by atoms with Gasteiger partial charge in [0, 0.05) is 13.2 Å². The average molecular weight is 327 g/mol. The zero-order valence-corrected chi connectivity index (χ0v) is 16.7. The van der Waals surface area contributed by atoms with Gasteiger partial charge in [-0.2, -0.15) is 0 Å². The van der Waals surface area contributed by atoms with Crippen LogP contribution in [0.15, 0.2) is 0 Å². The van der Waals surface area contributed by atoms with Crippen LogP contribution in [0.25, 0.3) is 0 Å². The van der Waals surface area contributed by atoms with E-state index in [0.717, 1.165) is 19.1 Å². The molecule has 0 aliphatic carbocycles. The fourth-order valence-corrected chi connectivity index (χ4v) is 3.09. The zero-order valence-electron chi connectivity index (χ0n) is 16.7. The summed E-state index contributed by atoms with van der Waals surface area (Å²) in [5.41, 5.74) is 0. The minimum atomic E-state index is 0.819. The third-order valence-corrected chi connectivity index (χ3v) is 4.71. The smallest absolute Gasteiger partial charge is 0.0466 e. The molecule has 0 bridgehead atoms. The summed E-state index contributed by atoms with van der Waals surface area (Å²) in [6.07, 6.45) is 22.5. The van der Waals surface area contributed by atoms with E-state index in [1.165, 1.54) is 103 Å². The lowest BCUT2D eigenvalue weighted by molar-refractivity contribution is 0.124. The first kappa shape index (κ1) is 23.0. The molecular formula is C22H46O. The van der Waals surface area contributed by atoms with Gasteiger partial charge in [-0.15, -0.1) is 0 Å². The van der Waals surface area contributed by atoms with E-state index in [9.17, 15) is 0 Å². The third kappa shape index (κ3) is 22.0. The predicted molar refractivity (Wildman–Crippen MR) is 105 cm³/mol.